The molecule has 0 rings (SSSR count). The van der Waals surface area contributed by atoms with Crippen LogP contribution in [0.2, 0.25) is 0 Å². The summed E-state index contributed by atoms with van der Waals surface area (Å²) in [6.07, 6.45) is 77.3. The van der Waals surface area contributed by atoms with Gasteiger partial charge < -0.3 is 14.2 Å². The molecule has 1 atom stereocenters. The first-order valence-electron chi connectivity index (χ1n) is 30.1. The third-order valence-corrected chi connectivity index (χ3v) is 12.9. The van der Waals surface area contributed by atoms with Crippen molar-refractivity contribution in [2.24, 2.45) is 0 Å². The fraction of sp³-hybridized carbons (Fsp3) is 0.738. The molecule has 0 aromatic rings. The summed E-state index contributed by atoms with van der Waals surface area (Å²) in [6, 6.07) is 0. The Morgan fingerprint density at radius 1 is 0.296 bits per heavy atom. The van der Waals surface area contributed by atoms with Crippen molar-refractivity contribution in [2.75, 3.05) is 13.2 Å². The van der Waals surface area contributed by atoms with E-state index in [9.17, 15) is 14.4 Å². The molecule has 0 bridgehead atoms. The Bertz CT molecular complexity index is 1370. The molecule has 0 aliphatic carbocycles. The topological polar surface area (TPSA) is 78.9 Å². The quantitative estimate of drug-likeness (QED) is 0.0261. The summed E-state index contributed by atoms with van der Waals surface area (Å²) in [5.41, 5.74) is 0. The maximum absolute atomic E-state index is 12.8. The van der Waals surface area contributed by atoms with E-state index in [2.05, 4.69) is 106 Å². The number of hydrogen-bond donors (Lipinski definition) is 0. The lowest BCUT2D eigenvalue weighted by Gasteiger charge is -2.18. The molecular weight excluding hydrogens is 877 g/mol. The van der Waals surface area contributed by atoms with Gasteiger partial charge in [-0.2, -0.15) is 0 Å². The third kappa shape index (κ3) is 57.4. The van der Waals surface area contributed by atoms with Gasteiger partial charge in [0.15, 0.2) is 6.10 Å². The molecule has 0 aromatic heterocycles. The SMILES string of the molecule is CC/C=C\C/C=C\C/C=C\C/C=C\C/C=C\CCCC(=O)OC(COC(=O)CCCCCCC/C=C\C/C=C\CCCCCC)COC(=O)CCCCCCCCCCCCCCCCCCCCCC. The summed E-state index contributed by atoms with van der Waals surface area (Å²) in [5.74, 6) is -0.965. The van der Waals surface area contributed by atoms with E-state index in [1.54, 1.807) is 0 Å². The van der Waals surface area contributed by atoms with Gasteiger partial charge >= 0.3 is 17.9 Å². The van der Waals surface area contributed by atoms with Gasteiger partial charge in [-0.15, -0.1) is 0 Å². The Labute approximate surface area is 439 Å². The Morgan fingerprint density at radius 3 is 0.915 bits per heavy atom. The van der Waals surface area contributed by atoms with Crippen molar-refractivity contribution in [1.29, 1.82) is 0 Å². The third-order valence-electron chi connectivity index (χ3n) is 12.9. The molecule has 0 aliphatic rings. The fourth-order valence-electron chi connectivity index (χ4n) is 8.39. The highest BCUT2D eigenvalue weighted by molar-refractivity contribution is 5.71. The van der Waals surface area contributed by atoms with Crippen molar-refractivity contribution in [3.05, 3.63) is 85.1 Å². The van der Waals surface area contributed by atoms with E-state index < -0.39 is 6.10 Å². The van der Waals surface area contributed by atoms with Gasteiger partial charge in [0.2, 0.25) is 0 Å². The summed E-state index contributed by atoms with van der Waals surface area (Å²) in [6.45, 7) is 6.48. The van der Waals surface area contributed by atoms with E-state index in [-0.39, 0.29) is 37.5 Å². The van der Waals surface area contributed by atoms with E-state index in [1.165, 1.54) is 141 Å². The van der Waals surface area contributed by atoms with E-state index in [0.29, 0.717) is 19.3 Å². The molecule has 0 saturated heterocycles. The molecular formula is C65H112O6. The molecule has 0 N–H and O–H groups in total. The lowest BCUT2D eigenvalue weighted by molar-refractivity contribution is -0.167. The summed E-state index contributed by atoms with van der Waals surface area (Å²) in [7, 11) is 0. The number of carbonyl (C=O) groups is 3. The number of allylic oxidation sites excluding steroid dienone is 14. The molecule has 71 heavy (non-hydrogen) atoms. The van der Waals surface area contributed by atoms with Gasteiger partial charge in [-0.25, -0.2) is 0 Å². The minimum Gasteiger partial charge on any atom is -0.462 e. The van der Waals surface area contributed by atoms with Crippen LogP contribution in [0.25, 0.3) is 0 Å². The van der Waals surface area contributed by atoms with E-state index in [4.69, 9.17) is 14.2 Å². The smallest absolute Gasteiger partial charge is 0.306 e. The van der Waals surface area contributed by atoms with Crippen molar-refractivity contribution in [3.63, 3.8) is 0 Å². The molecule has 0 aliphatic heterocycles. The van der Waals surface area contributed by atoms with E-state index >= 15 is 0 Å². The molecule has 0 amide bonds. The van der Waals surface area contributed by atoms with Crippen LogP contribution in [0.3, 0.4) is 0 Å². The summed E-state index contributed by atoms with van der Waals surface area (Å²) < 4.78 is 16.8. The number of rotatable bonds is 54. The average molecular weight is 990 g/mol. The second-order valence-corrected chi connectivity index (χ2v) is 19.9. The Hall–Kier alpha value is -3.41. The van der Waals surface area contributed by atoms with Crippen LogP contribution in [0.1, 0.15) is 290 Å². The molecule has 0 radical (unpaired) electrons. The van der Waals surface area contributed by atoms with Crippen LogP contribution < -0.4 is 0 Å². The van der Waals surface area contributed by atoms with Crippen molar-refractivity contribution in [3.8, 4) is 0 Å². The van der Waals surface area contributed by atoms with Crippen LogP contribution in [-0.2, 0) is 28.6 Å². The first kappa shape index (κ1) is 67.6. The fourth-order valence-corrected chi connectivity index (χ4v) is 8.39. The van der Waals surface area contributed by atoms with Gasteiger partial charge in [-0.05, 0) is 89.9 Å². The molecule has 0 heterocycles. The van der Waals surface area contributed by atoms with E-state index in [0.717, 1.165) is 103 Å². The predicted molar refractivity (Wildman–Crippen MR) is 307 cm³/mol. The van der Waals surface area contributed by atoms with Gasteiger partial charge in [0.1, 0.15) is 13.2 Å². The first-order valence-corrected chi connectivity index (χ1v) is 30.1. The zero-order chi connectivity index (χ0) is 51.4. The summed E-state index contributed by atoms with van der Waals surface area (Å²) in [4.78, 5) is 38.2. The zero-order valence-corrected chi connectivity index (χ0v) is 46.7. The molecule has 0 spiro atoms. The van der Waals surface area contributed by atoms with Gasteiger partial charge in [0, 0.05) is 19.3 Å². The van der Waals surface area contributed by atoms with Crippen molar-refractivity contribution < 1.29 is 28.6 Å². The van der Waals surface area contributed by atoms with Crippen LogP contribution in [0.5, 0.6) is 0 Å². The summed E-state index contributed by atoms with van der Waals surface area (Å²) in [5, 5.41) is 0. The molecule has 6 nitrogen and oxygen atoms in total. The molecule has 0 aromatic carbocycles. The number of carbonyl (C=O) groups excluding carboxylic acids is 3. The predicted octanol–water partition coefficient (Wildman–Crippen LogP) is 20.3. The normalized spacial score (nSPS) is 12.7. The van der Waals surface area contributed by atoms with Crippen molar-refractivity contribution >= 4 is 17.9 Å². The number of unbranched alkanes of at least 4 members (excludes halogenated alkanes) is 29. The largest absolute Gasteiger partial charge is 0.462 e. The maximum Gasteiger partial charge on any atom is 0.306 e. The van der Waals surface area contributed by atoms with Crippen molar-refractivity contribution in [1.82, 2.24) is 0 Å². The monoisotopic (exact) mass is 989 g/mol. The molecule has 1 unspecified atom stereocenters. The lowest BCUT2D eigenvalue weighted by Crippen LogP contribution is -2.30. The van der Waals surface area contributed by atoms with Crippen LogP contribution in [0, 0.1) is 0 Å². The Kier molecular flexibility index (Phi) is 56.3. The molecule has 0 fully saturated rings. The second-order valence-electron chi connectivity index (χ2n) is 19.9. The highest BCUT2D eigenvalue weighted by atomic mass is 16.6. The van der Waals surface area contributed by atoms with Gasteiger partial charge in [-0.3, -0.25) is 14.4 Å². The summed E-state index contributed by atoms with van der Waals surface area (Å²) >= 11 is 0. The van der Waals surface area contributed by atoms with Crippen LogP contribution >= 0.6 is 0 Å². The number of esters is 3. The highest BCUT2D eigenvalue weighted by Crippen LogP contribution is 2.16. The minimum absolute atomic E-state index is 0.102. The highest BCUT2D eigenvalue weighted by Gasteiger charge is 2.19. The van der Waals surface area contributed by atoms with Crippen molar-refractivity contribution in [2.45, 2.75) is 297 Å². The zero-order valence-electron chi connectivity index (χ0n) is 46.7. The second kappa shape index (κ2) is 59.2. The first-order chi connectivity index (χ1) is 35.0. The van der Waals surface area contributed by atoms with Crippen LogP contribution in [0.4, 0.5) is 0 Å². The van der Waals surface area contributed by atoms with Crippen LogP contribution in [-0.4, -0.2) is 37.2 Å². The Morgan fingerprint density at radius 2 is 0.563 bits per heavy atom. The van der Waals surface area contributed by atoms with Gasteiger partial charge in [-0.1, -0.05) is 266 Å². The minimum atomic E-state index is -0.812. The number of hydrogen-bond acceptors (Lipinski definition) is 6. The molecule has 6 heteroatoms. The molecule has 0 saturated carbocycles. The van der Waals surface area contributed by atoms with E-state index in [1.807, 2.05) is 0 Å². The van der Waals surface area contributed by atoms with Gasteiger partial charge in [0.25, 0.3) is 0 Å². The maximum atomic E-state index is 12.8. The number of ether oxygens (including phenoxy) is 3. The van der Waals surface area contributed by atoms with Gasteiger partial charge in [0.05, 0.1) is 0 Å². The molecule has 408 valence electrons. The average Bonchev–Trinajstić information content (AvgIpc) is 3.37. The standard InChI is InChI=1S/C65H112O6/c1-4-7-10-13-16-19-22-25-28-31-32-33-35-37-40-43-46-49-52-55-58-64(67)70-61-62(60-69-63(66)57-54-51-48-45-42-39-36-30-27-24-21-18-15-12-9-6-3)71-65(68)59-56-53-50-47-44-41-38-34-29-26-23-20-17-14-11-8-5-2/h8,11,17,20-21,24,26,29-30,36,38,41,47,50,62H,4-7,9-10,12-16,18-19,22-23,25,27-28,31-35,37,39-40,42-46,48-49,51-61H2,1-3H3/b11-8-,20-17-,24-21-,29-26-,36-30-,41-38-,50-47-. The van der Waals surface area contributed by atoms with Crippen LogP contribution in [0.15, 0.2) is 85.1 Å². The lowest BCUT2D eigenvalue weighted by atomic mass is 10.0. The Balaban J connectivity index is 4.44.